The molecule has 0 saturated carbocycles. The van der Waals surface area contributed by atoms with Gasteiger partial charge in [-0.15, -0.1) is 0 Å². The first-order valence-electron chi connectivity index (χ1n) is 6.81. The fourth-order valence-electron chi connectivity index (χ4n) is 2.50. The van der Waals surface area contributed by atoms with Crippen molar-refractivity contribution in [1.29, 1.82) is 0 Å². The molecule has 4 nitrogen and oxygen atoms in total. The van der Waals surface area contributed by atoms with Crippen LogP contribution in [0.15, 0.2) is 12.1 Å². The lowest BCUT2D eigenvalue weighted by Gasteiger charge is -2.27. The SMILES string of the molecule is Cc1cc(N2CCCS(=O)(=O)CC2)c(C(C)N)cc1F. The number of sulfone groups is 1. The zero-order valence-electron chi connectivity index (χ0n) is 11.9. The second-order valence-corrected chi connectivity index (χ2v) is 7.74. The van der Waals surface area contributed by atoms with E-state index in [0.717, 1.165) is 11.3 Å². The van der Waals surface area contributed by atoms with Gasteiger partial charge in [0.1, 0.15) is 5.82 Å². The highest BCUT2D eigenvalue weighted by Gasteiger charge is 2.22. The standard InChI is InChI=1S/C14H21FN2O2S/c1-10-8-14(12(11(2)16)9-13(10)15)17-4-3-6-20(18,19)7-5-17/h8-9,11H,3-7,16H2,1-2H3. The number of nitrogens with zero attached hydrogens (tertiary/aromatic N) is 1. The zero-order valence-corrected chi connectivity index (χ0v) is 12.7. The molecule has 1 saturated heterocycles. The normalized spacial score (nSPS) is 20.5. The van der Waals surface area contributed by atoms with E-state index in [-0.39, 0.29) is 23.4 Å². The summed E-state index contributed by atoms with van der Waals surface area (Å²) in [6.07, 6.45) is 0.594. The highest BCUT2D eigenvalue weighted by Crippen LogP contribution is 2.29. The Balaban J connectivity index is 2.38. The maximum Gasteiger partial charge on any atom is 0.152 e. The van der Waals surface area contributed by atoms with Crippen LogP contribution in [-0.4, -0.2) is 33.0 Å². The van der Waals surface area contributed by atoms with Gasteiger partial charge < -0.3 is 10.6 Å². The van der Waals surface area contributed by atoms with Crippen molar-refractivity contribution in [3.63, 3.8) is 0 Å². The van der Waals surface area contributed by atoms with Crippen LogP contribution in [0.2, 0.25) is 0 Å². The first kappa shape index (κ1) is 15.3. The van der Waals surface area contributed by atoms with Gasteiger partial charge in [0, 0.05) is 24.8 Å². The van der Waals surface area contributed by atoms with Crippen LogP contribution in [0, 0.1) is 12.7 Å². The van der Waals surface area contributed by atoms with Gasteiger partial charge in [-0.3, -0.25) is 0 Å². The first-order valence-corrected chi connectivity index (χ1v) is 8.63. The zero-order chi connectivity index (χ0) is 14.9. The van der Waals surface area contributed by atoms with Crippen LogP contribution in [0.5, 0.6) is 0 Å². The minimum Gasteiger partial charge on any atom is -0.370 e. The molecule has 0 aromatic heterocycles. The third kappa shape index (κ3) is 3.30. The predicted octanol–water partition coefficient (Wildman–Crippen LogP) is 1.78. The fraction of sp³-hybridized carbons (Fsp3) is 0.571. The van der Waals surface area contributed by atoms with Crippen molar-refractivity contribution >= 4 is 15.5 Å². The molecule has 1 unspecified atom stereocenters. The number of hydrogen-bond donors (Lipinski definition) is 1. The second kappa shape index (κ2) is 5.69. The van der Waals surface area contributed by atoms with Crippen molar-refractivity contribution in [2.45, 2.75) is 26.3 Å². The average molecular weight is 300 g/mol. The van der Waals surface area contributed by atoms with Gasteiger partial charge >= 0.3 is 0 Å². The Morgan fingerprint density at radius 2 is 2.00 bits per heavy atom. The summed E-state index contributed by atoms with van der Waals surface area (Å²) in [5.74, 6) is 0.0856. The largest absolute Gasteiger partial charge is 0.370 e. The topological polar surface area (TPSA) is 63.4 Å². The van der Waals surface area contributed by atoms with E-state index in [0.29, 0.717) is 25.1 Å². The van der Waals surface area contributed by atoms with E-state index in [4.69, 9.17) is 5.73 Å². The molecule has 1 aromatic rings. The molecule has 20 heavy (non-hydrogen) atoms. The Hall–Kier alpha value is -1.14. The average Bonchev–Trinajstić information content (AvgIpc) is 2.53. The van der Waals surface area contributed by atoms with Crippen LogP contribution in [0.1, 0.15) is 30.5 Å². The molecule has 0 amide bonds. The van der Waals surface area contributed by atoms with E-state index < -0.39 is 9.84 Å². The quantitative estimate of drug-likeness (QED) is 0.904. The molecular formula is C14H21FN2O2S. The fourth-order valence-corrected chi connectivity index (χ4v) is 3.77. The van der Waals surface area contributed by atoms with Gasteiger partial charge in [-0.2, -0.15) is 0 Å². The Morgan fingerprint density at radius 1 is 1.30 bits per heavy atom. The Bertz CT molecular complexity index is 599. The number of halogens is 1. The van der Waals surface area contributed by atoms with Gasteiger partial charge in [0.05, 0.1) is 11.5 Å². The molecule has 0 spiro atoms. The molecule has 0 aliphatic carbocycles. The van der Waals surface area contributed by atoms with Gasteiger partial charge in [0.15, 0.2) is 9.84 Å². The summed E-state index contributed by atoms with van der Waals surface area (Å²) in [6, 6.07) is 2.95. The molecule has 1 aliphatic rings. The highest BCUT2D eigenvalue weighted by molar-refractivity contribution is 7.91. The van der Waals surface area contributed by atoms with Gasteiger partial charge in [0.25, 0.3) is 0 Å². The molecular weight excluding hydrogens is 279 g/mol. The highest BCUT2D eigenvalue weighted by atomic mass is 32.2. The number of nitrogens with two attached hydrogens (primary N) is 1. The number of aryl methyl sites for hydroxylation is 1. The Labute approximate surface area is 119 Å². The third-order valence-electron chi connectivity index (χ3n) is 3.69. The minimum absolute atomic E-state index is 0.141. The van der Waals surface area contributed by atoms with Crippen LogP contribution < -0.4 is 10.6 Å². The molecule has 1 aromatic carbocycles. The minimum atomic E-state index is -2.96. The van der Waals surface area contributed by atoms with Crippen LogP contribution >= 0.6 is 0 Å². The van der Waals surface area contributed by atoms with Gasteiger partial charge in [-0.1, -0.05) is 0 Å². The van der Waals surface area contributed by atoms with Crippen molar-refractivity contribution in [2.75, 3.05) is 29.5 Å². The number of rotatable bonds is 2. The lowest BCUT2D eigenvalue weighted by molar-refractivity contribution is 0.597. The third-order valence-corrected chi connectivity index (χ3v) is 5.41. The number of anilines is 1. The summed E-state index contributed by atoms with van der Waals surface area (Å²) < 4.78 is 37.1. The monoisotopic (exact) mass is 300 g/mol. The summed E-state index contributed by atoms with van der Waals surface area (Å²) in [5, 5.41) is 0. The van der Waals surface area contributed by atoms with Crippen molar-refractivity contribution in [3.05, 3.63) is 29.1 Å². The molecule has 0 radical (unpaired) electrons. The molecule has 1 fully saturated rings. The summed E-state index contributed by atoms with van der Waals surface area (Å²) >= 11 is 0. The lowest BCUT2D eigenvalue weighted by Crippen LogP contribution is -2.29. The molecule has 6 heteroatoms. The van der Waals surface area contributed by atoms with Gasteiger partial charge in [-0.25, -0.2) is 12.8 Å². The van der Waals surface area contributed by atoms with Crippen LogP contribution in [0.25, 0.3) is 0 Å². The van der Waals surface area contributed by atoms with Gasteiger partial charge in [-0.05, 0) is 43.5 Å². The van der Waals surface area contributed by atoms with Crippen LogP contribution in [-0.2, 0) is 9.84 Å². The van der Waals surface area contributed by atoms with Crippen molar-refractivity contribution in [3.8, 4) is 0 Å². The molecule has 2 rings (SSSR count). The number of benzene rings is 1. The van der Waals surface area contributed by atoms with Crippen molar-refractivity contribution in [1.82, 2.24) is 0 Å². The van der Waals surface area contributed by atoms with E-state index in [9.17, 15) is 12.8 Å². The summed E-state index contributed by atoms with van der Waals surface area (Å²) in [4.78, 5) is 2.01. The maximum atomic E-state index is 13.7. The first-order chi connectivity index (χ1) is 9.30. The second-order valence-electron chi connectivity index (χ2n) is 5.44. The van der Waals surface area contributed by atoms with E-state index in [2.05, 4.69) is 0 Å². The van der Waals surface area contributed by atoms with Crippen LogP contribution in [0.4, 0.5) is 10.1 Å². The van der Waals surface area contributed by atoms with Crippen molar-refractivity contribution < 1.29 is 12.8 Å². The predicted molar refractivity (Wildman–Crippen MR) is 79.2 cm³/mol. The summed E-state index contributed by atoms with van der Waals surface area (Å²) in [7, 11) is -2.96. The Kier molecular flexibility index (Phi) is 4.34. The summed E-state index contributed by atoms with van der Waals surface area (Å²) in [6.45, 7) is 4.61. The Morgan fingerprint density at radius 3 is 2.65 bits per heavy atom. The van der Waals surface area contributed by atoms with Gasteiger partial charge in [0.2, 0.25) is 0 Å². The number of hydrogen-bond acceptors (Lipinski definition) is 4. The van der Waals surface area contributed by atoms with E-state index in [1.54, 1.807) is 13.0 Å². The van der Waals surface area contributed by atoms with Crippen molar-refractivity contribution in [2.24, 2.45) is 5.73 Å². The van der Waals surface area contributed by atoms with Crippen LogP contribution in [0.3, 0.4) is 0 Å². The molecule has 1 atom stereocenters. The van der Waals surface area contributed by atoms with E-state index in [1.165, 1.54) is 6.07 Å². The molecule has 1 aliphatic heterocycles. The smallest absolute Gasteiger partial charge is 0.152 e. The van der Waals surface area contributed by atoms with E-state index in [1.807, 2.05) is 11.8 Å². The molecule has 0 bridgehead atoms. The van der Waals surface area contributed by atoms with E-state index >= 15 is 0 Å². The molecule has 112 valence electrons. The summed E-state index contributed by atoms with van der Waals surface area (Å²) in [5.41, 5.74) is 8.06. The lowest BCUT2D eigenvalue weighted by atomic mass is 10.0. The molecule has 1 heterocycles. The maximum absolute atomic E-state index is 13.7. The molecule has 2 N–H and O–H groups in total.